The molecule has 0 spiro atoms. The van der Waals surface area contributed by atoms with Gasteiger partial charge in [0.15, 0.2) is 23.0 Å². The van der Waals surface area contributed by atoms with E-state index in [1.807, 2.05) is 36.4 Å². The number of amides is 1. The molecule has 0 bridgehead atoms. The molecule has 0 unspecified atom stereocenters. The number of ether oxygens (including phenoxy) is 4. The highest BCUT2D eigenvalue weighted by molar-refractivity contribution is 7.89. The first-order valence-electron chi connectivity index (χ1n) is 10.8. The number of benzene rings is 3. The van der Waals surface area contributed by atoms with Gasteiger partial charge in [0.2, 0.25) is 22.7 Å². The summed E-state index contributed by atoms with van der Waals surface area (Å²) in [5.41, 5.74) is 1.61. The van der Waals surface area contributed by atoms with E-state index in [9.17, 15) is 13.2 Å². The van der Waals surface area contributed by atoms with Crippen LogP contribution in [-0.2, 0) is 27.8 Å². The number of carbonyl (C=O) groups is 1. The predicted molar refractivity (Wildman–Crippen MR) is 128 cm³/mol. The second-order valence-corrected chi connectivity index (χ2v) is 9.50. The van der Waals surface area contributed by atoms with Gasteiger partial charge in [-0.15, -0.1) is 0 Å². The Hall–Kier alpha value is -3.76. The van der Waals surface area contributed by atoms with Gasteiger partial charge in [0.05, 0.1) is 19.1 Å². The lowest BCUT2D eigenvalue weighted by Crippen LogP contribution is -2.47. The molecule has 0 fully saturated rings. The van der Waals surface area contributed by atoms with Crippen molar-refractivity contribution in [1.82, 2.24) is 10.0 Å². The molecule has 1 aliphatic heterocycles. The third-order valence-corrected chi connectivity index (χ3v) is 6.93. The van der Waals surface area contributed by atoms with Crippen molar-refractivity contribution in [2.24, 2.45) is 0 Å². The van der Waals surface area contributed by atoms with Crippen LogP contribution in [0.25, 0.3) is 0 Å². The summed E-state index contributed by atoms with van der Waals surface area (Å²) in [5, 5.41) is 2.82. The van der Waals surface area contributed by atoms with Crippen molar-refractivity contribution in [3.05, 3.63) is 77.9 Å². The van der Waals surface area contributed by atoms with Gasteiger partial charge in [0, 0.05) is 12.6 Å². The lowest BCUT2D eigenvalue weighted by Gasteiger charge is -2.19. The van der Waals surface area contributed by atoms with E-state index in [0.29, 0.717) is 17.2 Å². The van der Waals surface area contributed by atoms with Crippen molar-refractivity contribution in [3.63, 3.8) is 0 Å². The molecule has 0 radical (unpaired) electrons. The Labute approximate surface area is 204 Å². The van der Waals surface area contributed by atoms with Crippen LogP contribution in [0.3, 0.4) is 0 Å². The molecule has 3 aromatic carbocycles. The molecular weight excluding hydrogens is 472 g/mol. The Balaban J connectivity index is 1.53. The zero-order chi connectivity index (χ0) is 24.8. The maximum Gasteiger partial charge on any atom is 0.241 e. The first-order chi connectivity index (χ1) is 16.9. The number of fused-ring (bicyclic) bond motifs is 1. The lowest BCUT2D eigenvalue weighted by molar-refractivity contribution is -0.122. The van der Waals surface area contributed by atoms with Crippen LogP contribution in [0.2, 0.25) is 0 Å². The Morgan fingerprint density at radius 1 is 0.914 bits per heavy atom. The minimum Gasteiger partial charge on any atom is -0.493 e. The first kappa shape index (κ1) is 24.4. The smallest absolute Gasteiger partial charge is 0.241 e. The standard InChI is InChI=1S/C25H26N2O7S/c1-31-21-11-9-19(14-23(21)32-2)35(29,30)27-20(12-17-6-4-3-5-7-17)25(28)26-15-18-8-10-22-24(13-18)34-16-33-22/h3-11,13-14,20,27H,12,15-16H2,1-2H3,(H,26,28)/t20-/m1/s1. The van der Waals surface area contributed by atoms with Crippen molar-refractivity contribution < 1.29 is 32.2 Å². The van der Waals surface area contributed by atoms with Gasteiger partial charge in [-0.1, -0.05) is 36.4 Å². The maximum absolute atomic E-state index is 13.2. The quantitative estimate of drug-likeness (QED) is 0.442. The van der Waals surface area contributed by atoms with Crippen LogP contribution in [0.1, 0.15) is 11.1 Å². The largest absolute Gasteiger partial charge is 0.493 e. The Bertz CT molecular complexity index is 1300. The number of sulfonamides is 1. The summed E-state index contributed by atoms with van der Waals surface area (Å²) in [4.78, 5) is 13.1. The highest BCUT2D eigenvalue weighted by Crippen LogP contribution is 2.32. The fourth-order valence-electron chi connectivity index (χ4n) is 3.64. The van der Waals surface area contributed by atoms with Crippen LogP contribution in [0, 0.1) is 0 Å². The molecule has 1 atom stereocenters. The van der Waals surface area contributed by atoms with E-state index < -0.39 is 22.0 Å². The Morgan fingerprint density at radius 3 is 2.40 bits per heavy atom. The zero-order valence-electron chi connectivity index (χ0n) is 19.3. The molecule has 2 N–H and O–H groups in total. The molecule has 0 aliphatic carbocycles. The van der Waals surface area contributed by atoms with E-state index in [1.54, 1.807) is 12.1 Å². The fourth-order valence-corrected chi connectivity index (χ4v) is 4.85. The number of carbonyl (C=O) groups excluding carboxylic acids is 1. The van der Waals surface area contributed by atoms with E-state index in [2.05, 4.69) is 10.0 Å². The van der Waals surface area contributed by atoms with Crippen LogP contribution in [0.4, 0.5) is 0 Å². The van der Waals surface area contributed by atoms with E-state index in [-0.39, 0.29) is 30.4 Å². The minimum atomic E-state index is -4.06. The molecule has 1 heterocycles. The van der Waals surface area contributed by atoms with Crippen LogP contribution in [0.5, 0.6) is 23.0 Å². The predicted octanol–water partition coefficient (Wildman–Crippen LogP) is 2.64. The van der Waals surface area contributed by atoms with Crippen LogP contribution in [-0.4, -0.2) is 41.4 Å². The molecule has 184 valence electrons. The summed E-state index contributed by atoms with van der Waals surface area (Å²) in [7, 11) is -1.17. The van der Waals surface area contributed by atoms with E-state index in [4.69, 9.17) is 18.9 Å². The number of hydrogen-bond acceptors (Lipinski definition) is 7. The lowest BCUT2D eigenvalue weighted by atomic mass is 10.1. The van der Waals surface area contributed by atoms with Crippen molar-refractivity contribution in [3.8, 4) is 23.0 Å². The van der Waals surface area contributed by atoms with Crippen LogP contribution < -0.4 is 29.0 Å². The monoisotopic (exact) mass is 498 g/mol. The second kappa shape index (κ2) is 10.7. The third-order valence-electron chi connectivity index (χ3n) is 5.47. The average Bonchev–Trinajstić information content (AvgIpc) is 3.35. The summed E-state index contributed by atoms with van der Waals surface area (Å²) >= 11 is 0. The maximum atomic E-state index is 13.2. The highest BCUT2D eigenvalue weighted by atomic mass is 32.2. The van der Waals surface area contributed by atoms with Gasteiger partial charge >= 0.3 is 0 Å². The molecule has 9 nitrogen and oxygen atoms in total. The zero-order valence-corrected chi connectivity index (χ0v) is 20.1. The minimum absolute atomic E-state index is 0.0446. The Kier molecular flexibility index (Phi) is 7.42. The third kappa shape index (κ3) is 5.84. The second-order valence-electron chi connectivity index (χ2n) is 7.79. The van der Waals surface area contributed by atoms with Crippen molar-refractivity contribution in [2.75, 3.05) is 21.0 Å². The number of rotatable bonds is 10. The van der Waals surface area contributed by atoms with Crippen LogP contribution >= 0.6 is 0 Å². The number of hydrogen-bond donors (Lipinski definition) is 2. The molecule has 10 heteroatoms. The molecule has 4 rings (SSSR count). The van der Waals surface area contributed by atoms with Gasteiger partial charge < -0.3 is 24.3 Å². The van der Waals surface area contributed by atoms with Gasteiger partial charge in [0.25, 0.3) is 0 Å². The summed E-state index contributed by atoms with van der Waals surface area (Å²) in [5.74, 6) is 1.45. The fraction of sp³-hybridized carbons (Fsp3) is 0.240. The topological polar surface area (TPSA) is 112 Å². The molecule has 0 saturated heterocycles. The molecule has 3 aromatic rings. The number of nitrogens with one attached hydrogen (secondary N) is 2. The Morgan fingerprint density at radius 2 is 1.66 bits per heavy atom. The van der Waals surface area contributed by atoms with Crippen molar-refractivity contribution in [1.29, 1.82) is 0 Å². The highest BCUT2D eigenvalue weighted by Gasteiger charge is 2.27. The molecule has 35 heavy (non-hydrogen) atoms. The molecule has 0 saturated carbocycles. The van der Waals surface area contributed by atoms with Crippen LogP contribution in [0.15, 0.2) is 71.6 Å². The molecule has 0 aromatic heterocycles. The summed E-state index contributed by atoms with van der Waals surface area (Å²) < 4.78 is 50.0. The van der Waals surface area contributed by atoms with Gasteiger partial charge in [0.1, 0.15) is 6.04 Å². The van der Waals surface area contributed by atoms with Gasteiger partial charge in [-0.05, 0) is 41.8 Å². The normalized spacial score (nSPS) is 13.2. The van der Waals surface area contributed by atoms with E-state index in [0.717, 1.165) is 11.1 Å². The van der Waals surface area contributed by atoms with Gasteiger partial charge in [-0.2, -0.15) is 4.72 Å². The number of methoxy groups -OCH3 is 2. The van der Waals surface area contributed by atoms with E-state index in [1.165, 1.54) is 32.4 Å². The molecule has 1 aliphatic rings. The SMILES string of the molecule is COc1ccc(S(=O)(=O)N[C@H](Cc2ccccc2)C(=O)NCc2ccc3c(c2)OCO3)cc1OC. The molecular formula is C25H26N2O7S. The summed E-state index contributed by atoms with van der Waals surface area (Å²) in [6.45, 7) is 0.348. The summed E-state index contributed by atoms with van der Waals surface area (Å²) in [6.07, 6.45) is 0.167. The molecule has 1 amide bonds. The van der Waals surface area contributed by atoms with Crippen molar-refractivity contribution in [2.45, 2.75) is 23.9 Å². The average molecular weight is 499 g/mol. The first-order valence-corrected chi connectivity index (χ1v) is 12.3. The van der Waals surface area contributed by atoms with E-state index >= 15 is 0 Å². The van der Waals surface area contributed by atoms with Crippen molar-refractivity contribution >= 4 is 15.9 Å². The summed E-state index contributed by atoms with van der Waals surface area (Å²) in [6, 6.07) is 17.8. The van der Waals surface area contributed by atoms with Gasteiger partial charge in [-0.3, -0.25) is 4.79 Å². The van der Waals surface area contributed by atoms with Gasteiger partial charge in [-0.25, -0.2) is 8.42 Å².